The highest BCUT2D eigenvalue weighted by Crippen LogP contribution is 2.49. The van der Waals surface area contributed by atoms with Gasteiger partial charge in [0.05, 0.1) is 22.4 Å². The van der Waals surface area contributed by atoms with Crippen LogP contribution < -0.4 is 10.2 Å². The number of para-hydroxylation sites is 1. The highest BCUT2D eigenvalue weighted by atomic mass is 35.5. The van der Waals surface area contributed by atoms with E-state index in [4.69, 9.17) is 16.7 Å². The lowest BCUT2D eigenvalue weighted by molar-refractivity contribution is -0.123. The summed E-state index contributed by atoms with van der Waals surface area (Å²) in [4.78, 5) is 28.3. The maximum atomic E-state index is 13.7. The Bertz CT molecular complexity index is 1450. The van der Waals surface area contributed by atoms with Crippen molar-refractivity contribution in [1.82, 2.24) is 15.1 Å². The van der Waals surface area contributed by atoms with E-state index in [1.54, 1.807) is 9.58 Å². The van der Waals surface area contributed by atoms with E-state index in [1.165, 1.54) is 11.8 Å². The van der Waals surface area contributed by atoms with Crippen LogP contribution in [0.5, 0.6) is 0 Å². The van der Waals surface area contributed by atoms with Crippen LogP contribution in [0.1, 0.15) is 29.2 Å². The Morgan fingerprint density at radius 3 is 2.35 bits per heavy atom. The fourth-order valence-electron chi connectivity index (χ4n) is 4.66. The van der Waals surface area contributed by atoms with Gasteiger partial charge in [-0.25, -0.2) is 4.68 Å². The van der Waals surface area contributed by atoms with Crippen LogP contribution in [0.2, 0.25) is 5.02 Å². The molecule has 1 atom stereocenters. The minimum atomic E-state index is -0.253. The van der Waals surface area contributed by atoms with Gasteiger partial charge in [0.1, 0.15) is 12.4 Å². The number of amides is 2. The lowest BCUT2D eigenvalue weighted by Gasteiger charge is -2.23. The Labute approximate surface area is 224 Å². The third kappa shape index (κ3) is 4.77. The first-order valence-electron chi connectivity index (χ1n) is 12.3. The molecule has 3 aromatic carbocycles. The van der Waals surface area contributed by atoms with Gasteiger partial charge in [0.15, 0.2) is 0 Å². The average molecular weight is 529 g/mol. The van der Waals surface area contributed by atoms with Crippen molar-refractivity contribution in [2.45, 2.75) is 24.1 Å². The lowest BCUT2D eigenvalue weighted by atomic mass is 9.99. The number of aromatic nitrogens is 2. The van der Waals surface area contributed by atoms with Gasteiger partial charge in [-0.05, 0) is 36.6 Å². The Balaban J connectivity index is 1.61. The number of hydrogen-bond acceptors (Lipinski definition) is 4. The topological polar surface area (TPSA) is 67.2 Å². The van der Waals surface area contributed by atoms with Crippen LogP contribution in [-0.2, 0) is 9.59 Å². The van der Waals surface area contributed by atoms with Gasteiger partial charge in [0.2, 0.25) is 11.8 Å². The van der Waals surface area contributed by atoms with Crippen molar-refractivity contribution in [2.75, 3.05) is 17.2 Å². The number of rotatable bonds is 6. The van der Waals surface area contributed by atoms with Crippen molar-refractivity contribution in [3.05, 3.63) is 101 Å². The summed E-state index contributed by atoms with van der Waals surface area (Å²) >= 11 is 8.23. The quantitative estimate of drug-likeness (QED) is 0.351. The van der Waals surface area contributed by atoms with Crippen LogP contribution in [0.25, 0.3) is 16.9 Å². The van der Waals surface area contributed by atoms with Gasteiger partial charge in [-0.1, -0.05) is 78.3 Å². The van der Waals surface area contributed by atoms with Gasteiger partial charge in [0, 0.05) is 22.2 Å². The van der Waals surface area contributed by atoms with Gasteiger partial charge in [-0.3, -0.25) is 14.5 Å². The van der Waals surface area contributed by atoms with Crippen LogP contribution in [0, 0.1) is 0 Å². The van der Waals surface area contributed by atoms with Crippen LogP contribution >= 0.6 is 23.4 Å². The third-order valence-corrected chi connectivity index (χ3v) is 8.15. The Hall–Kier alpha value is -3.55. The summed E-state index contributed by atoms with van der Waals surface area (Å²) in [5.74, 6) is 0.522. The molecule has 1 saturated carbocycles. The van der Waals surface area contributed by atoms with E-state index in [1.807, 2.05) is 84.9 Å². The van der Waals surface area contributed by atoms with E-state index in [-0.39, 0.29) is 35.4 Å². The monoisotopic (exact) mass is 528 g/mol. The number of halogens is 1. The molecule has 1 aliphatic carbocycles. The largest absolute Gasteiger partial charge is 0.352 e. The van der Waals surface area contributed by atoms with Crippen molar-refractivity contribution in [3.63, 3.8) is 0 Å². The first-order chi connectivity index (χ1) is 18.1. The predicted molar refractivity (Wildman–Crippen MR) is 148 cm³/mol. The zero-order chi connectivity index (χ0) is 25.4. The van der Waals surface area contributed by atoms with Crippen LogP contribution in [0.3, 0.4) is 0 Å². The summed E-state index contributed by atoms with van der Waals surface area (Å²) in [6, 6.07) is 27.6. The second kappa shape index (κ2) is 10.1. The lowest BCUT2D eigenvalue weighted by Crippen LogP contribution is -2.43. The molecule has 4 aromatic rings. The van der Waals surface area contributed by atoms with Crippen molar-refractivity contribution in [2.24, 2.45) is 0 Å². The molecule has 1 fully saturated rings. The molecule has 186 valence electrons. The molecule has 1 aliphatic heterocycles. The fraction of sp³-hybridized carbons (Fsp3) is 0.207. The van der Waals surface area contributed by atoms with Crippen LogP contribution in [0.15, 0.2) is 84.9 Å². The number of fused-ring (bicyclic) bond motifs is 1. The second-order valence-electron chi connectivity index (χ2n) is 9.23. The normalized spacial score (nSPS) is 17.3. The number of carbonyl (C=O) groups excluding carboxylic acids is 2. The van der Waals surface area contributed by atoms with Gasteiger partial charge in [-0.15, -0.1) is 11.8 Å². The summed E-state index contributed by atoms with van der Waals surface area (Å²) < 4.78 is 1.80. The summed E-state index contributed by atoms with van der Waals surface area (Å²) in [5.41, 5.74) is 4.30. The molecule has 37 heavy (non-hydrogen) atoms. The van der Waals surface area contributed by atoms with Crippen LogP contribution in [0.4, 0.5) is 5.82 Å². The van der Waals surface area contributed by atoms with Gasteiger partial charge < -0.3 is 5.32 Å². The predicted octanol–water partition coefficient (Wildman–Crippen LogP) is 5.64. The molecule has 0 unspecified atom stereocenters. The molecule has 8 heteroatoms. The smallest absolute Gasteiger partial charge is 0.240 e. The number of benzene rings is 3. The summed E-state index contributed by atoms with van der Waals surface area (Å²) in [6.45, 7) is -0.0646. The third-order valence-electron chi connectivity index (χ3n) is 6.57. The molecule has 0 saturated heterocycles. The van der Waals surface area contributed by atoms with Crippen LogP contribution in [-0.4, -0.2) is 39.9 Å². The summed E-state index contributed by atoms with van der Waals surface area (Å²) in [6.07, 6.45) is 1.96. The van der Waals surface area contributed by atoms with Crippen molar-refractivity contribution in [1.29, 1.82) is 0 Å². The second-order valence-corrected chi connectivity index (χ2v) is 10.7. The van der Waals surface area contributed by atoms with E-state index in [0.717, 1.165) is 40.9 Å². The first-order valence-corrected chi connectivity index (χ1v) is 13.7. The molecule has 0 radical (unpaired) electrons. The zero-order valence-electron chi connectivity index (χ0n) is 20.0. The first kappa shape index (κ1) is 23.8. The molecule has 2 aliphatic rings. The maximum absolute atomic E-state index is 13.7. The molecule has 6 rings (SSSR count). The molecule has 2 heterocycles. The molecule has 0 spiro atoms. The van der Waals surface area contributed by atoms with Crippen molar-refractivity contribution < 1.29 is 9.59 Å². The molecule has 1 aromatic heterocycles. The minimum absolute atomic E-state index is 0.0646. The zero-order valence-corrected chi connectivity index (χ0v) is 21.6. The van der Waals surface area contributed by atoms with E-state index in [2.05, 4.69) is 5.32 Å². The van der Waals surface area contributed by atoms with Crippen molar-refractivity contribution >= 4 is 41.0 Å². The fourth-order valence-corrected chi connectivity index (χ4v) is 6.20. The maximum Gasteiger partial charge on any atom is 0.240 e. The average Bonchev–Trinajstić information content (AvgIpc) is 3.67. The summed E-state index contributed by atoms with van der Waals surface area (Å²) in [5, 5.41) is 8.49. The SMILES string of the molecule is O=C(CN1C(=O)CS[C@@H](c2ccccc2Cl)c2c(-c3ccccc3)nn(-c3ccccc3)c21)NC1CC1. The Morgan fingerprint density at radius 1 is 0.973 bits per heavy atom. The standard InChI is InChI=1S/C29H25ClN4O2S/c30-23-14-8-7-13-22(23)28-26-27(19-9-3-1-4-10-19)32-34(21-11-5-2-6-12-21)29(26)33(25(36)18-37-28)17-24(35)31-20-15-16-20/h1-14,20,28H,15-18H2,(H,31,35)/t28-/m0/s1. The number of thioether (sulfide) groups is 1. The van der Waals surface area contributed by atoms with E-state index >= 15 is 0 Å². The number of carbonyl (C=O) groups is 2. The molecular weight excluding hydrogens is 504 g/mol. The van der Waals surface area contributed by atoms with E-state index < -0.39 is 0 Å². The number of anilines is 1. The van der Waals surface area contributed by atoms with Gasteiger partial charge in [-0.2, -0.15) is 5.10 Å². The Kier molecular flexibility index (Phi) is 6.49. The Morgan fingerprint density at radius 2 is 1.65 bits per heavy atom. The molecule has 2 amide bonds. The molecule has 0 bridgehead atoms. The van der Waals surface area contributed by atoms with Crippen molar-refractivity contribution in [3.8, 4) is 16.9 Å². The van der Waals surface area contributed by atoms with Gasteiger partial charge >= 0.3 is 0 Å². The number of nitrogens with one attached hydrogen (secondary N) is 1. The summed E-state index contributed by atoms with van der Waals surface area (Å²) in [7, 11) is 0. The number of hydrogen-bond donors (Lipinski definition) is 1. The highest BCUT2D eigenvalue weighted by molar-refractivity contribution is 8.00. The minimum Gasteiger partial charge on any atom is -0.352 e. The number of nitrogens with zero attached hydrogens (tertiary/aromatic N) is 3. The van der Waals surface area contributed by atoms with E-state index in [0.29, 0.717) is 10.8 Å². The molecule has 1 N–H and O–H groups in total. The molecular formula is C29H25ClN4O2S. The van der Waals surface area contributed by atoms with E-state index in [9.17, 15) is 9.59 Å². The van der Waals surface area contributed by atoms with Gasteiger partial charge in [0.25, 0.3) is 0 Å². The molecule has 6 nitrogen and oxygen atoms in total. The highest BCUT2D eigenvalue weighted by Gasteiger charge is 2.38.